The van der Waals surface area contributed by atoms with Gasteiger partial charge in [-0.1, -0.05) is 23.2 Å². The standard InChI is InChI=1S/C13H14Cl2N2O4/c14-9-3-2-8(6-10(9)15)16-12(20)17-5-1-4-13(21,7-17)11(18)19/h2-3,6,21H,1,4-5,7H2,(H,16,20)(H,18,19). The molecule has 0 radical (unpaired) electrons. The number of urea groups is 1. The van der Waals surface area contributed by atoms with Crippen LogP contribution in [0.4, 0.5) is 10.5 Å². The maximum Gasteiger partial charge on any atom is 0.337 e. The fraction of sp³-hybridized carbons (Fsp3) is 0.385. The number of halogens is 2. The van der Waals surface area contributed by atoms with Crippen molar-refractivity contribution in [1.82, 2.24) is 4.90 Å². The van der Waals surface area contributed by atoms with Gasteiger partial charge in [0, 0.05) is 12.2 Å². The van der Waals surface area contributed by atoms with E-state index in [1.54, 1.807) is 12.1 Å². The number of likely N-dealkylation sites (tertiary alicyclic amines) is 1. The molecule has 2 rings (SSSR count). The Labute approximate surface area is 131 Å². The molecule has 1 aromatic carbocycles. The van der Waals surface area contributed by atoms with E-state index >= 15 is 0 Å². The Morgan fingerprint density at radius 1 is 1.29 bits per heavy atom. The van der Waals surface area contributed by atoms with E-state index in [2.05, 4.69) is 5.32 Å². The molecule has 0 bridgehead atoms. The highest BCUT2D eigenvalue weighted by atomic mass is 35.5. The summed E-state index contributed by atoms with van der Waals surface area (Å²) in [5.74, 6) is -1.32. The number of hydrogen-bond donors (Lipinski definition) is 3. The molecule has 6 nitrogen and oxygen atoms in total. The highest BCUT2D eigenvalue weighted by Crippen LogP contribution is 2.26. The lowest BCUT2D eigenvalue weighted by Crippen LogP contribution is -2.55. The summed E-state index contributed by atoms with van der Waals surface area (Å²) in [6, 6.07) is 4.13. The van der Waals surface area contributed by atoms with Crippen LogP contribution in [0.25, 0.3) is 0 Å². The third-order valence-corrected chi connectivity index (χ3v) is 4.07. The number of rotatable bonds is 2. The SMILES string of the molecule is O=C(Nc1ccc(Cl)c(Cl)c1)N1CCCC(O)(C(=O)O)C1. The number of aliphatic carboxylic acids is 1. The Balaban J connectivity index is 2.06. The molecule has 1 aliphatic rings. The highest BCUT2D eigenvalue weighted by molar-refractivity contribution is 6.42. The summed E-state index contributed by atoms with van der Waals surface area (Å²) in [6.07, 6.45) is 0.538. The molecular formula is C13H14Cl2N2O4. The van der Waals surface area contributed by atoms with Gasteiger partial charge in [-0.3, -0.25) is 0 Å². The molecule has 1 fully saturated rings. The number of aliphatic hydroxyl groups is 1. The lowest BCUT2D eigenvalue weighted by molar-refractivity contribution is -0.162. The number of carbonyl (C=O) groups is 2. The maximum absolute atomic E-state index is 12.1. The van der Waals surface area contributed by atoms with Crippen molar-refractivity contribution in [3.8, 4) is 0 Å². The van der Waals surface area contributed by atoms with E-state index in [4.69, 9.17) is 28.3 Å². The van der Waals surface area contributed by atoms with E-state index in [9.17, 15) is 14.7 Å². The van der Waals surface area contributed by atoms with Gasteiger partial charge in [-0.25, -0.2) is 9.59 Å². The second kappa shape index (κ2) is 6.09. The molecule has 1 saturated heterocycles. The zero-order chi connectivity index (χ0) is 15.6. The number of nitrogens with one attached hydrogen (secondary N) is 1. The molecule has 21 heavy (non-hydrogen) atoms. The van der Waals surface area contributed by atoms with Gasteiger partial charge < -0.3 is 20.4 Å². The third kappa shape index (κ3) is 3.58. The second-order valence-electron chi connectivity index (χ2n) is 4.92. The quantitative estimate of drug-likeness (QED) is 0.775. The van der Waals surface area contributed by atoms with Gasteiger partial charge in [-0.05, 0) is 31.0 Å². The fourth-order valence-electron chi connectivity index (χ4n) is 2.16. The average Bonchev–Trinajstić information content (AvgIpc) is 2.43. The number of carbonyl (C=O) groups excluding carboxylic acids is 1. The number of β-amino-alcohol motifs (C(OH)–C–C–N with tert-alkyl or cyclic N) is 1. The van der Waals surface area contributed by atoms with Gasteiger partial charge in [0.2, 0.25) is 0 Å². The zero-order valence-corrected chi connectivity index (χ0v) is 12.5. The van der Waals surface area contributed by atoms with Crippen LogP contribution in [0.15, 0.2) is 18.2 Å². The number of piperidine rings is 1. The van der Waals surface area contributed by atoms with Crippen LogP contribution in [0.5, 0.6) is 0 Å². The summed E-state index contributed by atoms with van der Waals surface area (Å²) in [7, 11) is 0. The monoisotopic (exact) mass is 332 g/mol. The Morgan fingerprint density at radius 2 is 2.00 bits per heavy atom. The van der Waals surface area contributed by atoms with Gasteiger partial charge in [0.05, 0.1) is 16.6 Å². The largest absolute Gasteiger partial charge is 0.479 e. The topological polar surface area (TPSA) is 89.9 Å². The molecule has 2 amide bonds. The van der Waals surface area contributed by atoms with E-state index in [-0.39, 0.29) is 13.0 Å². The van der Waals surface area contributed by atoms with Gasteiger partial charge in [0.1, 0.15) is 0 Å². The van der Waals surface area contributed by atoms with E-state index in [0.717, 1.165) is 0 Å². The Morgan fingerprint density at radius 3 is 2.62 bits per heavy atom. The molecule has 3 N–H and O–H groups in total. The maximum atomic E-state index is 12.1. The van der Waals surface area contributed by atoms with Crippen LogP contribution in [0, 0.1) is 0 Å². The molecule has 1 aromatic rings. The normalized spacial score (nSPS) is 22.0. The summed E-state index contributed by atoms with van der Waals surface area (Å²) < 4.78 is 0. The summed E-state index contributed by atoms with van der Waals surface area (Å²) in [5, 5.41) is 22.2. The van der Waals surface area contributed by atoms with Gasteiger partial charge in [0.15, 0.2) is 5.60 Å². The van der Waals surface area contributed by atoms with Crippen molar-refractivity contribution in [2.24, 2.45) is 0 Å². The van der Waals surface area contributed by atoms with Crippen LogP contribution in [0.1, 0.15) is 12.8 Å². The molecule has 0 aliphatic carbocycles. The van der Waals surface area contributed by atoms with Gasteiger partial charge in [-0.2, -0.15) is 0 Å². The van der Waals surface area contributed by atoms with Crippen LogP contribution in [-0.4, -0.2) is 45.8 Å². The summed E-state index contributed by atoms with van der Waals surface area (Å²) in [4.78, 5) is 24.4. The smallest absolute Gasteiger partial charge is 0.337 e. The van der Waals surface area contributed by atoms with Crippen LogP contribution in [0.3, 0.4) is 0 Å². The van der Waals surface area contributed by atoms with Crippen LogP contribution >= 0.6 is 23.2 Å². The molecule has 0 spiro atoms. The molecule has 1 aliphatic heterocycles. The van der Waals surface area contributed by atoms with E-state index in [0.29, 0.717) is 28.7 Å². The molecule has 0 aromatic heterocycles. The molecule has 1 atom stereocenters. The number of amides is 2. The van der Waals surface area contributed by atoms with Crippen LogP contribution in [-0.2, 0) is 4.79 Å². The van der Waals surface area contributed by atoms with Crippen LogP contribution < -0.4 is 5.32 Å². The molecule has 8 heteroatoms. The Hall–Kier alpha value is -1.50. The van der Waals surface area contributed by atoms with E-state index in [1.807, 2.05) is 0 Å². The molecule has 1 heterocycles. The number of nitrogens with zero attached hydrogens (tertiary/aromatic N) is 1. The van der Waals surface area contributed by atoms with E-state index < -0.39 is 17.6 Å². The molecule has 0 saturated carbocycles. The molecule has 114 valence electrons. The van der Waals surface area contributed by atoms with E-state index in [1.165, 1.54) is 11.0 Å². The summed E-state index contributed by atoms with van der Waals surface area (Å²) in [6.45, 7) is 0.123. The highest BCUT2D eigenvalue weighted by Gasteiger charge is 2.41. The predicted octanol–water partition coefficient (Wildman–Crippen LogP) is 2.44. The average molecular weight is 333 g/mol. The third-order valence-electron chi connectivity index (χ3n) is 3.33. The van der Waals surface area contributed by atoms with Crippen molar-refractivity contribution in [1.29, 1.82) is 0 Å². The van der Waals surface area contributed by atoms with Crippen molar-refractivity contribution < 1.29 is 19.8 Å². The number of carboxylic acid groups (broad SMARTS) is 1. The van der Waals surface area contributed by atoms with Gasteiger partial charge >= 0.3 is 12.0 Å². The fourth-order valence-corrected chi connectivity index (χ4v) is 2.46. The minimum atomic E-state index is -1.90. The lowest BCUT2D eigenvalue weighted by atomic mass is 9.93. The van der Waals surface area contributed by atoms with Crippen molar-refractivity contribution in [2.75, 3.05) is 18.4 Å². The molecular weight excluding hydrogens is 319 g/mol. The number of anilines is 1. The lowest BCUT2D eigenvalue weighted by Gasteiger charge is -2.36. The number of hydrogen-bond acceptors (Lipinski definition) is 3. The van der Waals surface area contributed by atoms with Crippen LogP contribution in [0.2, 0.25) is 10.0 Å². The predicted molar refractivity (Wildman–Crippen MR) is 78.9 cm³/mol. The Bertz CT molecular complexity index is 581. The van der Waals surface area contributed by atoms with Crippen molar-refractivity contribution in [2.45, 2.75) is 18.4 Å². The Kier molecular flexibility index (Phi) is 4.61. The van der Waals surface area contributed by atoms with Crippen molar-refractivity contribution in [3.05, 3.63) is 28.2 Å². The minimum absolute atomic E-state index is 0.124. The first-order valence-corrected chi connectivity index (χ1v) is 7.04. The molecule has 1 unspecified atom stereocenters. The second-order valence-corrected chi connectivity index (χ2v) is 5.74. The zero-order valence-electron chi connectivity index (χ0n) is 11.0. The van der Waals surface area contributed by atoms with Crippen molar-refractivity contribution >= 4 is 40.9 Å². The summed E-state index contributed by atoms with van der Waals surface area (Å²) >= 11 is 11.6. The minimum Gasteiger partial charge on any atom is -0.479 e. The first-order valence-electron chi connectivity index (χ1n) is 6.28. The number of benzene rings is 1. The van der Waals surface area contributed by atoms with Crippen molar-refractivity contribution in [3.63, 3.8) is 0 Å². The summed E-state index contributed by atoms with van der Waals surface area (Å²) in [5.41, 5.74) is -1.45. The van der Waals surface area contributed by atoms with Gasteiger partial charge in [0.25, 0.3) is 0 Å². The first-order chi connectivity index (χ1) is 9.82. The number of carboxylic acids is 1. The van der Waals surface area contributed by atoms with Gasteiger partial charge in [-0.15, -0.1) is 0 Å². The first kappa shape index (κ1) is 15.9.